The zero-order chi connectivity index (χ0) is 26.4. The summed E-state index contributed by atoms with van der Waals surface area (Å²) in [6.45, 7) is 0. The molecule has 0 atom stereocenters. The lowest BCUT2D eigenvalue weighted by molar-refractivity contribution is 0.472. The summed E-state index contributed by atoms with van der Waals surface area (Å²) in [5.41, 5.74) is 9.65. The van der Waals surface area contributed by atoms with Gasteiger partial charge in [0.25, 0.3) is 0 Å². The Morgan fingerprint density at radius 2 is 0.744 bits per heavy atom. The zero-order valence-electron chi connectivity index (χ0n) is 21.3. The predicted octanol–water partition coefficient (Wildman–Crippen LogP) is 8.79. The highest BCUT2D eigenvalue weighted by Crippen LogP contribution is 2.57. The normalized spacial score (nSPS) is 13.0. The Hall–Kier alpha value is -5.08. The van der Waals surface area contributed by atoms with Crippen LogP contribution < -0.4 is 0 Å². The van der Waals surface area contributed by atoms with Crippen molar-refractivity contribution in [3.63, 3.8) is 0 Å². The van der Waals surface area contributed by atoms with Crippen LogP contribution in [0.4, 0.5) is 0 Å². The van der Waals surface area contributed by atoms with Crippen molar-refractivity contribution in [3.8, 4) is 44.9 Å². The third kappa shape index (κ3) is 3.65. The largest absolute Gasteiger partial charge is 0.508 e. The van der Waals surface area contributed by atoms with Crippen LogP contribution in [0.3, 0.4) is 0 Å². The molecule has 2 N–H and O–H groups in total. The Kier molecular flexibility index (Phi) is 5.35. The Bertz CT molecular complexity index is 1680. The van der Waals surface area contributed by atoms with Crippen molar-refractivity contribution in [2.24, 2.45) is 0 Å². The SMILES string of the molecule is Oc1cc(-c2ccccc2)cc(C2(c3cc(O)cc(-c4ccccc4)c3)c3ccccc3-c3ccccc32)c1. The Morgan fingerprint density at radius 3 is 1.18 bits per heavy atom. The van der Waals surface area contributed by atoms with E-state index in [9.17, 15) is 10.2 Å². The van der Waals surface area contributed by atoms with E-state index >= 15 is 0 Å². The fourth-order valence-corrected chi connectivity index (χ4v) is 6.27. The minimum absolute atomic E-state index is 0.205. The van der Waals surface area contributed by atoms with E-state index in [-0.39, 0.29) is 11.5 Å². The first-order valence-electron chi connectivity index (χ1n) is 13.1. The molecule has 0 spiro atoms. The van der Waals surface area contributed by atoms with Crippen molar-refractivity contribution in [1.29, 1.82) is 0 Å². The van der Waals surface area contributed by atoms with Crippen molar-refractivity contribution in [2.45, 2.75) is 5.41 Å². The number of hydrogen-bond acceptors (Lipinski definition) is 2. The average molecular weight is 503 g/mol. The van der Waals surface area contributed by atoms with Crippen LogP contribution in [0.25, 0.3) is 33.4 Å². The predicted molar refractivity (Wildman–Crippen MR) is 158 cm³/mol. The number of phenolic OH excluding ortho intramolecular Hbond substituents is 2. The summed E-state index contributed by atoms with van der Waals surface area (Å²) in [4.78, 5) is 0. The molecule has 0 heterocycles. The minimum atomic E-state index is -0.752. The zero-order valence-corrected chi connectivity index (χ0v) is 21.3. The van der Waals surface area contributed by atoms with Crippen LogP contribution in [-0.4, -0.2) is 10.2 Å². The Morgan fingerprint density at radius 1 is 0.359 bits per heavy atom. The molecule has 0 amide bonds. The molecule has 0 unspecified atom stereocenters. The molecular weight excluding hydrogens is 476 g/mol. The van der Waals surface area contributed by atoms with Gasteiger partial charge in [-0.3, -0.25) is 0 Å². The monoisotopic (exact) mass is 502 g/mol. The van der Waals surface area contributed by atoms with Gasteiger partial charge in [-0.2, -0.15) is 0 Å². The van der Waals surface area contributed by atoms with Crippen LogP contribution in [-0.2, 0) is 5.41 Å². The van der Waals surface area contributed by atoms with Crippen molar-refractivity contribution in [1.82, 2.24) is 0 Å². The number of benzene rings is 6. The van der Waals surface area contributed by atoms with E-state index < -0.39 is 5.41 Å². The number of rotatable bonds is 4. The van der Waals surface area contributed by atoms with Crippen LogP contribution in [0, 0.1) is 0 Å². The van der Waals surface area contributed by atoms with Gasteiger partial charge in [0, 0.05) is 0 Å². The summed E-state index contributed by atoms with van der Waals surface area (Å²) < 4.78 is 0. The molecule has 1 aliphatic carbocycles. The van der Waals surface area contributed by atoms with Gasteiger partial charge < -0.3 is 10.2 Å². The fraction of sp³-hybridized carbons (Fsp3) is 0.0270. The van der Waals surface area contributed by atoms with Gasteiger partial charge in [-0.25, -0.2) is 0 Å². The second-order valence-electron chi connectivity index (χ2n) is 10.1. The van der Waals surface area contributed by atoms with Gasteiger partial charge in [0.2, 0.25) is 0 Å². The van der Waals surface area contributed by atoms with E-state index in [0.29, 0.717) is 0 Å². The van der Waals surface area contributed by atoms with Crippen molar-refractivity contribution in [2.75, 3.05) is 0 Å². The maximum absolute atomic E-state index is 11.1. The van der Waals surface area contributed by atoms with Gasteiger partial charge >= 0.3 is 0 Å². The van der Waals surface area contributed by atoms with Gasteiger partial charge in [0.1, 0.15) is 11.5 Å². The molecule has 7 rings (SSSR count). The Labute approximate surface area is 228 Å². The summed E-state index contributed by atoms with van der Waals surface area (Å²) in [6.07, 6.45) is 0. The van der Waals surface area contributed by atoms with Crippen LogP contribution in [0.1, 0.15) is 22.3 Å². The quantitative estimate of drug-likeness (QED) is 0.252. The number of fused-ring (bicyclic) bond motifs is 3. The summed E-state index contributed by atoms with van der Waals surface area (Å²) in [5, 5.41) is 22.2. The summed E-state index contributed by atoms with van der Waals surface area (Å²) >= 11 is 0. The molecular formula is C37H26O2. The first-order valence-corrected chi connectivity index (χ1v) is 13.1. The highest BCUT2D eigenvalue weighted by atomic mass is 16.3. The first kappa shape index (κ1) is 23.1. The fourth-order valence-electron chi connectivity index (χ4n) is 6.27. The highest BCUT2D eigenvalue weighted by Gasteiger charge is 2.46. The molecule has 186 valence electrons. The van der Waals surface area contributed by atoms with Gasteiger partial charge in [-0.05, 0) is 92.0 Å². The topological polar surface area (TPSA) is 40.5 Å². The van der Waals surface area contributed by atoms with E-state index in [1.54, 1.807) is 0 Å². The second-order valence-corrected chi connectivity index (χ2v) is 10.1. The molecule has 2 nitrogen and oxygen atoms in total. The van der Waals surface area contributed by atoms with E-state index in [2.05, 4.69) is 84.9 Å². The van der Waals surface area contributed by atoms with Crippen molar-refractivity contribution < 1.29 is 10.2 Å². The number of hydrogen-bond donors (Lipinski definition) is 2. The summed E-state index contributed by atoms with van der Waals surface area (Å²) in [7, 11) is 0. The Balaban J connectivity index is 1.60. The van der Waals surface area contributed by atoms with Gasteiger partial charge in [0.15, 0.2) is 0 Å². The maximum atomic E-state index is 11.1. The molecule has 0 fully saturated rings. The lowest BCUT2D eigenvalue weighted by atomic mass is 9.67. The van der Waals surface area contributed by atoms with Crippen molar-refractivity contribution >= 4 is 0 Å². The summed E-state index contributed by atoms with van der Waals surface area (Å²) in [6, 6.07) is 49.0. The van der Waals surface area contributed by atoms with Crippen LogP contribution in [0.2, 0.25) is 0 Å². The third-order valence-electron chi connectivity index (χ3n) is 7.87. The van der Waals surface area contributed by atoms with Crippen molar-refractivity contribution in [3.05, 3.63) is 168 Å². The van der Waals surface area contributed by atoms with E-state index in [4.69, 9.17) is 0 Å². The standard InChI is InChI=1S/C37H26O2/c38-31-21-27(25-11-3-1-4-12-25)19-29(23-31)37(30-20-28(22-32(39)24-30)26-13-5-2-6-14-26)35-17-9-7-15-33(35)34-16-8-10-18-36(34)37/h1-24,38-39H. The highest BCUT2D eigenvalue weighted by molar-refractivity contribution is 5.87. The molecule has 0 radical (unpaired) electrons. The lowest BCUT2D eigenvalue weighted by Gasteiger charge is -2.34. The minimum Gasteiger partial charge on any atom is -0.508 e. The number of aromatic hydroxyl groups is 2. The molecule has 0 saturated heterocycles. The number of phenols is 2. The van der Waals surface area contributed by atoms with Gasteiger partial charge in [-0.1, -0.05) is 109 Å². The smallest absolute Gasteiger partial charge is 0.116 e. The molecule has 0 bridgehead atoms. The van der Waals surface area contributed by atoms with E-state index in [1.165, 1.54) is 0 Å². The molecule has 1 aliphatic rings. The average Bonchev–Trinajstić information content (AvgIpc) is 3.29. The first-order chi connectivity index (χ1) is 19.1. The summed E-state index contributed by atoms with van der Waals surface area (Å²) in [5.74, 6) is 0.409. The molecule has 6 aromatic rings. The molecule has 0 saturated carbocycles. The maximum Gasteiger partial charge on any atom is 0.116 e. The van der Waals surface area contributed by atoms with Gasteiger partial charge in [0.05, 0.1) is 5.41 Å². The van der Waals surface area contributed by atoms with E-state index in [0.717, 1.165) is 55.6 Å². The van der Waals surface area contributed by atoms with Crippen LogP contribution in [0.5, 0.6) is 11.5 Å². The lowest BCUT2D eigenvalue weighted by Crippen LogP contribution is -2.28. The molecule has 0 aromatic heterocycles. The second kappa shape index (κ2) is 9.04. The van der Waals surface area contributed by atoms with Crippen LogP contribution >= 0.6 is 0 Å². The van der Waals surface area contributed by atoms with Crippen LogP contribution in [0.15, 0.2) is 146 Å². The van der Waals surface area contributed by atoms with E-state index in [1.807, 2.05) is 60.7 Å². The molecule has 6 aromatic carbocycles. The van der Waals surface area contributed by atoms with Gasteiger partial charge in [-0.15, -0.1) is 0 Å². The molecule has 0 aliphatic heterocycles. The molecule has 2 heteroatoms. The molecule has 39 heavy (non-hydrogen) atoms. The third-order valence-corrected chi connectivity index (χ3v) is 7.87.